The van der Waals surface area contributed by atoms with Crippen molar-refractivity contribution in [1.29, 1.82) is 0 Å². The standard InChI is InChI=1S/C23H22N4O7/c28-11-14-5-7-27(8-6-14)21-24-22(33-15-1-3-17-19(9-15)31-12-29-17)26-23(25-21)34-16-2-4-18-20(10-16)32-13-30-18/h1-4,9-10,14,28H,5-8,11-13H2. The minimum Gasteiger partial charge on any atom is -0.454 e. The minimum absolute atomic E-state index is 0.0869. The molecule has 4 heterocycles. The zero-order valence-electron chi connectivity index (χ0n) is 18.2. The van der Waals surface area contributed by atoms with Gasteiger partial charge in [0.25, 0.3) is 0 Å². The van der Waals surface area contributed by atoms with E-state index in [0.717, 1.165) is 12.8 Å². The van der Waals surface area contributed by atoms with Gasteiger partial charge in [-0.2, -0.15) is 9.97 Å². The van der Waals surface area contributed by atoms with E-state index < -0.39 is 0 Å². The maximum absolute atomic E-state index is 9.46. The summed E-state index contributed by atoms with van der Waals surface area (Å²) in [6.07, 6.45) is 1.69. The van der Waals surface area contributed by atoms with Gasteiger partial charge in [-0.15, -0.1) is 4.98 Å². The fourth-order valence-electron chi connectivity index (χ4n) is 3.97. The van der Waals surface area contributed by atoms with Crippen LogP contribution in [0.4, 0.5) is 5.95 Å². The highest BCUT2D eigenvalue weighted by molar-refractivity contribution is 5.49. The summed E-state index contributed by atoms with van der Waals surface area (Å²) in [7, 11) is 0. The van der Waals surface area contributed by atoms with E-state index in [0.29, 0.717) is 53.5 Å². The largest absolute Gasteiger partial charge is 0.454 e. The number of hydrogen-bond acceptors (Lipinski definition) is 11. The van der Waals surface area contributed by atoms with Gasteiger partial charge in [0.1, 0.15) is 11.5 Å². The molecule has 34 heavy (non-hydrogen) atoms. The molecule has 0 unspecified atom stereocenters. The highest BCUT2D eigenvalue weighted by Gasteiger charge is 2.23. The smallest absolute Gasteiger partial charge is 0.330 e. The van der Waals surface area contributed by atoms with Crippen LogP contribution in [0.5, 0.6) is 46.5 Å². The van der Waals surface area contributed by atoms with Crippen molar-refractivity contribution in [3.8, 4) is 46.5 Å². The van der Waals surface area contributed by atoms with Crippen LogP contribution in [0, 0.1) is 5.92 Å². The van der Waals surface area contributed by atoms with Crippen molar-refractivity contribution < 1.29 is 33.5 Å². The first-order chi connectivity index (χ1) is 16.7. The molecule has 1 N–H and O–H groups in total. The first kappa shape index (κ1) is 20.6. The molecule has 1 saturated heterocycles. The van der Waals surface area contributed by atoms with Crippen molar-refractivity contribution in [2.24, 2.45) is 5.92 Å². The summed E-state index contributed by atoms with van der Waals surface area (Å²) in [5.41, 5.74) is 0. The molecular weight excluding hydrogens is 444 g/mol. The number of aromatic nitrogens is 3. The molecule has 11 heteroatoms. The number of nitrogens with zero attached hydrogens (tertiary/aromatic N) is 4. The summed E-state index contributed by atoms with van der Waals surface area (Å²) in [5.74, 6) is 4.21. The maximum atomic E-state index is 9.46. The van der Waals surface area contributed by atoms with Crippen LogP contribution in [0.25, 0.3) is 0 Å². The Hall–Kier alpha value is -3.99. The van der Waals surface area contributed by atoms with E-state index in [1.807, 2.05) is 4.90 Å². The average molecular weight is 466 g/mol. The van der Waals surface area contributed by atoms with Gasteiger partial charge in [0.15, 0.2) is 23.0 Å². The Kier molecular flexibility index (Phi) is 5.30. The summed E-state index contributed by atoms with van der Waals surface area (Å²) >= 11 is 0. The Morgan fingerprint density at radius 2 is 1.29 bits per heavy atom. The second kappa shape index (κ2) is 8.75. The highest BCUT2D eigenvalue weighted by Crippen LogP contribution is 2.38. The van der Waals surface area contributed by atoms with Gasteiger partial charge in [0.2, 0.25) is 19.5 Å². The van der Waals surface area contributed by atoms with Crippen LogP contribution in [0.2, 0.25) is 0 Å². The quantitative estimate of drug-likeness (QED) is 0.577. The van der Waals surface area contributed by atoms with Crippen LogP contribution in [-0.4, -0.2) is 53.3 Å². The third-order valence-electron chi connectivity index (χ3n) is 5.84. The minimum atomic E-state index is 0.0869. The van der Waals surface area contributed by atoms with Crippen LogP contribution in [0.15, 0.2) is 36.4 Å². The van der Waals surface area contributed by atoms with Crippen LogP contribution in [0.1, 0.15) is 12.8 Å². The lowest BCUT2D eigenvalue weighted by molar-refractivity contribution is 0.173. The van der Waals surface area contributed by atoms with Crippen LogP contribution < -0.4 is 33.3 Å². The molecule has 3 aliphatic rings. The normalized spacial score (nSPS) is 16.6. The highest BCUT2D eigenvalue weighted by atomic mass is 16.7. The van der Waals surface area contributed by atoms with Gasteiger partial charge in [-0.3, -0.25) is 0 Å². The van der Waals surface area contributed by atoms with Crippen LogP contribution >= 0.6 is 0 Å². The first-order valence-electron chi connectivity index (χ1n) is 11.0. The molecule has 176 valence electrons. The van der Waals surface area contributed by atoms with E-state index in [1.54, 1.807) is 36.4 Å². The van der Waals surface area contributed by atoms with Crippen LogP contribution in [-0.2, 0) is 0 Å². The van der Waals surface area contributed by atoms with Gasteiger partial charge < -0.3 is 38.4 Å². The van der Waals surface area contributed by atoms with E-state index in [2.05, 4.69) is 15.0 Å². The fraction of sp³-hybridized carbons (Fsp3) is 0.348. The molecule has 0 bridgehead atoms. The predicted octanol–water partition coefficient (Wildman–Crippen LogP) is 3.12. The number of benzene rings is 2. The third kappa shape index (κ3) is 4.17. The number of aliphatic hydroxyl groups excluding tert-OH is 1. The Labute approximate surface area is 194 Å². The van der Waals surface area contributed by atoms with Crippen molar-refractivity contribution in [1.82, 2.24) is 15.0 Å². The molecule has 0 atom stereocenters. The Bertz CT molecular complexity index is 1120. The zero-order valence-corrected chi connectivity index (χ0v) is 18.2. The first-order valence-corrected chi connectivity index (χ1v) is 11.0. The molecule has 11 nitrogen and oxygen atoms in total. The van der Waals surface area contributed by atoms with E-state index in [1.165, 1.54) is 0 Å². The average Bonchev–Trinajstić information content (AvgIpc) is 3.53. The summed E-state index contributed by atoms with van der Waals surface area (Å²) in [6.45, 7) is 1.95. The molecule has 1 fully saturated rings. The number of piperidine rings is 1. The molecular formula is C23H22N4O7. The SMILES string of the molecule is OCC1CCN(c2nc(Oc3ccc4c(c3)OCO4)nc(Oc3ccc4c(c3)OCO4)n2)CC1. The van der Waals surface area contributed by atoms with Gasteiger partial charge in [0.05, 0.1) is 0 Å². The number of hydrogen-bond donors (Lipinski definition) is 1. The van der Waals surface area contributed by atoms with Gasteiger partial charge in [-0.25, -0.2) is 0 Å². The molecule has 0 spiro atoms. The Morgan fingerprint density at radius 1 is 0.765 bits per heavy atom. The number of rotatable bonds is 6. The lowest BCUT2D eigenvalue weighted by Crippen LogP contribution is -2.36. The van der Waals surface area contributed by atoms with Crippen molar-refractivity contribution >= 4 is 5.95 Å². The zero-order chi connectivity index (χ0) is 22.9. The van der Waals surface area contributed by atoms with Gasteiger partial charge in [0, 0.05) is 31.8 Å². The monoisotopic (exact) mass is 466 g/mol. The molecule has 0 saturated carbocycles. The summed E-state index contributed by atoms with van der Waals surface area (Å²) in [4.78, 5) is 15.4. The van der Waals surface area contributed by atoms with Crippen molar-refractivity contribution in [2.75, 3.05) is 38.2 Å². The number of ether oxygens (including phenoxy) is 6. The van der Waals surface area contributed by atoms with Crippen molar-refractivity contribution in [3.63, 3.8) is 0 Å². The van der Waals surface area contributed by atoms with Gasteiger partial charge in [-0.05, 0) is 43.0 Å². The topological polar surface area (TPSA) is 118 Å². The molecule has 3 aliphatic heterocycles. The van der Waals surface area contributed by atoms with Gasteiger partial charge >= 0.3 is 12.0 Å². The second-order valence-corrected chi connectivity index (χ2v) is 8.05. The summed E-state index contributed by atoms with van der Waals surface area (Å²) in [5, 5.41) is 9.46. The summed E-state index contributed by atoms with van der Waals surface area (Å²) in [6, 6.07) is 10.7. The second-order valence-electron chi connectivity index (χ2n) is 8.05. The Balaban J connectivity index is 1.29. The molecule has 0 radical (unpaired) electrons. The van der Waals surface area contributed by atoms with E-state index in [4.69, 9.17) is 28.4 Å². The molecule has 2 aromatic carbocycles. The van der Waals surface area contributed by atoms with E-state index in [-0.39, 0.29) is 38.1 Å². The Morgan fingerprint density at radius 3 is 1.82 bits per heavy atom. The summed E-state index contributed by atoms with van der Waals surface area (Å²) < 4.78 is 33.4. The molecule has 1 aromatic heterocycles. The van der Waals surface area contributed by atoms with E-state index in [9.17, 15) is 5.11 Å². The molecule has 3 aromatic rings. The third-order valence-corrected chi connectivity index (χ3v) is 5.84. The molecule has 0 aliphatic carbocycles. The van der Waals surface area contributed by atoms with E-state index >= 15 is 0 Å². The van der Waals surface area contributed by atoms with Crippen molar-refractivity contribution in [3.05, 3.63) is 36.4 Å². The van der Waals surface area contributed by atoms with Crippen molar-refractivity contribution in [2.45, 2.75) is 12.8 Å². The van der Waals surface area contributed by atoms with Crippen LogP contribution in [0.3, 0.4) is 0 Å². The maximum Gasteiger partial charge on any atom is 0.330 e. The lowest BCUT2D eigenvalue weighted by Gasteiger charge is -2.31. The number of anilines is 1. The molecule has 0 amide bonds. The number of fused-ring (bicyclic) bond motifs is 2. The predicted molar refractivity (Wildman–Crippen MR) is 117 cm³/mol. The molecule has 6 rings (SSSR count). The fourth-order valence-corrected chi connectivity index (χ4v) is 3.97. The number of aliphatic hydroxyl groups is 1. The lowest BCUT2D eigenvalue weighted by atomic mass is 9.98. The van der Waals surface area contributed by atoms with Gasteiger partial charge in [-0.1, -0.05) is 0 Å².